The zero-order chi connectivity index (χ0) is 20.4. The minimum atomic E-state index is -0.516. The third-order valence-corrected chi connectivity index (χ3v) is 6.75. The van der Waals surface area contributed by atoms with Gasteiger partial charge in [-0.2, -0.15) is 0 Å². The van der Waals surface area contributed by atoms with E-state index in [1.807, 2.05) is 30.3 Å². The van der Waals surface area contributed by atoms with Gasteiger partial charge in [0.25, 0.3) is 5.56 Å². The average Bonchev–Trinajstić information content (AvgIpc) is 3.52. The van der Waals surface area contributed by atoms with Gasteiger partial charge in [-0.1, -0.05) is 71.4 Å². The summed E-state index contributed by atoms with van der Waals surface area (Å²) in [5.41, 5.74) is 0.713. The lowest BCUT2D eigenvalue weighted by molar-refractivity contribution is 0.0550. The maximum atomic E-state index is 12.6. The molecule has 0 unspecified atom stereocenters. The van der Waals surface area contributed by atoms with Gasteiger partial charge in [0.1, 0.15) is 6.73 Å². The summed E-state index contributed by atoms with van der Waals surface area (Å²) in [7, 11) is 0. The van der Waals surface area contributed by atoms with Crippen LogP contribution in [-0.4, -0.2) is 9.55 Å². The zero-order valence-corrected chi connectivity index (χ0v) is 17.7. The van der Waals surface area contributed by atoms with Gasteiger partial charge in [-0.05, 0) is 36.5 Å². The highest BCUT2D eigenvalue weighted by molar-refractivity contribution is 7.99. The lowest BCUT2D eigenvalue weighted by Crippen LogP contribution is -2.34. The molecule has 0 spiro atoms. The number of nitrogens with one attached hydrogen (secondary N) is 1. The molecule has 150 valence electrons. The fraction of sp³-hybridized carbons (Fsp3) is 0.238. The summed E-state index contributed by atoms with van der Waals surface area (Å²) >= 11 is 13.9. The Morgan fingerprint density at radius 1 is 1.03 bits per heavy atom. The van der Waals surface area contributed by atoms with Crippen LogP contribution in [0.3, 0.4) is 0 Å². The average molecular weight is 449 g/mol. The summed E-state index contributed by atoms with van der Waals surface area (Å²) in [6.07, 6.45) is 1.83. The van der Waals surface area contributed by atoms with Crippen LogP contribution >= 0.6 is 35.0 Å². The van der Waals surface area contributed by atoms with Gasteiger partial charge in [-0.3, -0.25) is 14.3 Å². The van der Waals surface area contributed by atoms with Crippen molar-refractivity contribution in [2.75, 3.05) is 0 Å². The van der Waals surface area contributed by atoms with Crippen LogP contribution in [0, 0.1) is 0 Å². The second-order valence-electron chi connectivity index (χ2n) is 6.80. The van der Waals surface area contributed by atoms with E-state index in [1.54, 1.807) is 18.2 Å². The maximum Gasteiger partial charge on any atom is 0.331 e. The minimum Gasteiger partial charge on any atom is -0.356 e. The van der Waals surface area contributed by atoms with Gasteiger partial charge < -0.3 is 4.74 Å². The van der Waals surface area contributed by atoms with E-state index in [2.05, 4.69) is 4.98 Å². The Hall–Kier alpha value is -1.99. The van der Waals surface area contributed by atoms with Crippen LogP contribution in [0.15, 0.2) is 68.0 Å². The molecule has 5 nitrogen and oxygen atoms in total. The number of hydrogen-bond acceptors (Lipinski definition) is 4. The van der Waals surface area contributed by atoms with Gasteiger partial charge in [0.05, 0.1) is 32.1 Å². The molecule has 0 amide bonds. The summed E-state index contributed by atoms with van der Waals surface area (Å²) in [5.74, 6) is 0.128. The standard InChI is InChI=1S/C21H18Cl2N2O3S/c22-15-7-4-8-16(23)18(15)29-20-17(14-9-10-14)19(26)24-21(27)25(20)12-28-11-13-5-2-1-3-6-13/h1-8,14H,9-12H2,(H,24,26,27). The van der Waals surface area contributed by atoms with Crippen molar-refractivity contribution in [3.63, 3.8) is 0 Å². The zero-order valence-electron chi connectivity index (χ0n) is 15.4. The van der Waals surface area contributed by atoms with Gasteiger partial charge >= 0.3 is 5.69 Å². The van der Waals surface area contributed by atoms with Crippen LogP contribution in [0.5, 0.6) is 0 Å². The minimum absolute atomic E-state index is 0.00856. The van der Waals surface area contributed by atoms with Crippen molar-refractivity contribution >= 4 is 35.0 Å². The van der Waals surface area contributed by atoms with Crippen molar-refractivity contribution in [3.05, 3.63) is 90.5 Å². The normalized spacial score (nSPS) is 13.6. The van der Waals surface area contributed by atoms with Crippen molar-refractivity contribution in [2.24, 2.45) is 0 Å². The molecule has 0 radical (unpaired) electrons. The van der Waals surface area contributed by atoms with Crippen molar-refractivity contribution in [1.82, 2.24) is 9.55 Å². The van der Waals surface area contributed by atoms with E-state index in [1.165, 1.54) is 16.3 Å². The molecule has 29 heavy (non-hydrogen) atoms. The first-order chi connectivity index (χ1) is 14.0. The van der Waals surface area contributed by atoms with Gasteiger partial charge in [-0.15, -0.1) is 0 Å². The molecule has 3 aromatic rings. The molecule has 0 atom stereocenters. The number of rotatable bonds is 7. The van der Waals surface area contributed by atoms with Crippen LogP contribution in [0.1, 0.15) is 29.9 Å². The van der Waals surface area contributed by atoms with E-state index in [0.717, 1.165) is 18.4 Å². The van der Waals surface area contributed by atoms with Crippen molar-refractivity contribution in [2.45, 2.75) is 42.0 Å². The molecule has 1 aliphatic carbocycles. The molecule has 0 saturated heterocycles. The number of halogens is 2. The molecule has 0 bridgehead atoms. The third-order valence-electron chi connectivity index (χ3n) is 4.62. The quantitative estimate of drug-likeness (QED) is 0.513. The van der Waals surface area contributed by atoms with Gasteiger partial charge in [-0.25, -0.2) is 4.79 Å². The monoisotopic (exact) mass is 448 g/mol. The smallest absolute Gasteiger partial charge is 0.331 e. The number of aromatic amines is 1. The molecule has 2 aromatic carbocycles. The van der Waals surface area contributed by atoms with Gasteiger partial charge in [0, 0.05) is 0 Å². The molecular weight excluding hydrogens is 431 g/mol. The number of aromatic nitrogens is 2. The third kappa shape index (κ3) is 4.61. The topological polar surface area (TPSA) is 64.1 Å². The Bertz CT molecular complexity index is 1120. The first-order valence-corrected chi connectivity index (χ1v) is 10.7. The van der Waals surface area contributed by atoms with Crippen molar-refractivity contribution in [3.8, 4) is 0 Å². The Labute approximate surface area is 181 Å². The SMILES string of the molecule is O=c1[nH]c(=O)n(COCc2ccccc2)c(Sc2c(Cl)cccc2Cl)c1C1CC1. The predicted octanol–water partition coefficient (Wildman–Crippen LogP) is 5.05. The van der Waals surface area contributed by atoms with E-state index in [0.29, 0.717) is 32.1 Å². The molecule has 1 fully saturated rings. The van der Waals surface area contributed by atoms with Crippen molar-refractivity contribution in [1.29, 1.82) is 0 Å². The van der Waals surface area contributed by atoms with E-state index in [9.17, 15) is 9.59 Å². The van der Waals surface area contributed by atoms with Crippen LogP contribution in [0.4, 0.5) is 0 Å². The van der Waals surface area contributed by atoms with E-state index < -0.39 is 5.69 Å². The molecule has 1 aromatic heterocycles. The highest BCUT2D eigenvalue weighted by atomic mass is 35.5. The summed E-state index contributed by atoms with van der Waals surface area (Å²) in [6, 6.07) is 14.9. The lowest BCUT2D eigenvalue weighted by Gasteiger charge is -2.17. The highest BCUT2D eigenvalue weighted by Crippen LogP contribution is 2.45. The Morgan fingerprint density at radius 2 is 1.72 bits per heavy atom. The molecular formula is C21H18Cl2N2O3S. The van der Waals surface area contributed by atoms with Crippen LogP contribution < -0.4 is 11.2 Å². The second-order valence-corrected chi connectivity index (χ2v) is 8.61. The molecule has 1 heterocycles. The van der Waals surface area contributed by atoms with Crippen molar-refractivity contribution < 1.29 is 4.74 Å². The molecule has 1 saturated carbocycles. The molecule has 1 aliphatic rings. The lowest BCUT2D eigenvalue weighted by atomic mass is 10.2. The Kier molecular flexibility index (Phi) is 6.15. The molecule has 8 heteroatoms. The van der Waals surface area contributed by atoms with E-state index >= 15 is 0 Å². The fourth-order valence-electron chi connectivity index (χ4n) is 3.03. The number of ether oxygens (including phenoxy) is 1. The largest absolute Gasteiger partial charge is 0.356 e. The molecule has 1 N–H and O–H groups in total. The van der Waals surface area contributed by atoms with Gasteiger partial charge in [0.2, 0.25) is 0 Å². The number of hydrogen-bond donors (Lipinski definition) is 1. The van der Waals surface area contributed by atoms with Crippen LogP contribution in [0.25, 0.3) is 0 Å². The predicted molar refractivity (Wildman–Crippen MR) is 115 cm³/mol. The Morgan fingerprint density at radius 3 is 2.38 bits per heavy atom. The van der Waals surface area contributed by atoms with Crippen LogP contribution in [0.2, 0.25) is 10.0 Å². The molecule has 0 aliphatic heterocycles. The van der Waals surface area contributed by atoms with E-state index in [-0.39, 0.29) is 18.2 Å². The summed E-state index contributed by atoms with van der Waals surface area (Å²) < 4.78 is 7.23. The number of benzene rings is 2. The maximum absolute atomic E-state index is 12.6. The Balaban J connectivity index is 1.71. The summed E-state index contributed by atoms with van der Waals surface area (Å²) in [6.45, 7) is 0.358. The van der Waals surface area contributed by atoms with E-state index in [4.69, 9.17) is 27.9 Å². The highest BCUT2D eigenvalue weighted by Gasteiger charge is 2.32. The first-order valence-electron chi connectivity index (χ1n) is 9.15. The second kappa shape index (κ2) is 8.79. The number of nitrogens with zero attached hydrogens (tertiary/aromatic N) is 1. The molecule has 4 rings (SSSR count). The first kappa shape index (κ1) is 20.3. The fourth-order valence-corrected chi connectivity index (χ4v) is 4.80. The van der Waals surface area contributed by atoms with Gasteiger partial charge in [0.15, 0.2) is 0 Å². The number of H-pyrrole nitrogens is 1. The van der Waals surface area contributed by atoms with Crippen LogP contribution in [-0.2, 0) is 18.1 Å². The summed E-state index contributed by atoms with van der Waals surface area (Å²) in [5, 5.41) is 1.46. The summed E-state index contributed by atoms with van der Waals surface area (Å²) in [4.78, 5) is 28.2.